The van der Waals surface area contributed by atoms with Gasteiger partial charge in [-0.3, -0.25) is 19.7 Å². The summed E-state index contributed by atoms with van der Waals surface area (Å²) in [4.78, 5) is 36.7. The molecule has 2 unspecified atom stereocenters. The minimum atomic E-state index is -0.748. The Morgan fingerprint density at radius 2 is 1.62 bits per heavy atom. The molecule has 37 heavy (non-hydrogen) atoms. The van der Waals surface area contributed by atoms with Gasteiger partial charge in [-0.2, -0.15) is 0 Å². The van der Waals surface area contributed by atoms with Crippen LogP contribution in [0.1, 0.15) is 86.7 Å². The lowest BCUT2D eigenvalue weighted by Gasteiger charge is -2.25. The second-order valence-electron chi connectivity index (χ2n) is 10.7. The molecule has 1 fully saturated rings. The molecule has 2 aromatic rings. The first-order valence-corrected chi connectivity index (χ1v) is 13.1. The average molecular weight is 509 g/mol. The zero-order valence-corrected chi connectivity index (χ0v) is 22.5. The summed E-state index contributed by atoms with van der Waals surface area (Å²) in [6.07, 6.45) is 4.68. The molecule has 0 spiro atoms. The quantitative estimate of drug-likeness (QED) is 0.295. The van der Waals surface area contributed by atoms with E-state index in [4.69, 9.17) is 4.74 Å². The lowest BCUT2D eigenvalue weighted by Crippen LogP contribution is -2.44. The molecule has 0 radical (unpaired) electrons. The van der Waals surface area contributed by atoms with Crippen molar-refractivity contribution in [2.24, 2.45) is 0 Å². The number of nitrogens with one attached hydrogen (secondary N) is 2. The second-order valence-corrected chi connectivity index (χ2v) is 10.7. The third-order valence-electron chi connectivity index (χ3n) is 6.57. The molecule has 200 valence electrons. The molecule has 2 atom stereocenters. The van der Waals surface area contributed by atoms with Crippen molar-refractivity contribution in [3.05, 3.63) is 71.3 Å². The fourth-order valence-corrected chi connectivity index (χ4v) is 4.40. The summed E-state index contributed by atoms with van der Waals surface area (Å²) in [7, 11) is 1.40. The highest BCUT2D eigenvalue weighted by atomic mass is 16.6. The number of rotatable bonds is 13. The van der Waals surface area contributed by atoms with Crippen LogP contribution in [0.25, 0.3) is 0 Å². The van der Waals surface area contributed by atoms with Crippen molar-refractivity contribution >= 4 is 17.8 Å². The molecule has 2 aromatic carbocycles. The number of unbranched alkanes of at least 4 members (excludes halogenated alkanes) is 3. The van der Waals surface area contributed by atoms with Crippen LogP contribution in [0.3, 0.4) is 0 Å². The van der Waals surface area contributed by atoms with E-state index in [0.29, 0.717) is 31.5 Å². The smallest absolute Gasteiger partial charge is 0.327 e. The standard InChI is InChI=1S/C30H40N2O5/c1-29(2,3)37-28(35)30(20-25(30)23-12-8-7-9-13-23)32-21-22-15-17-24(18-16-22)27(34)31-19-11-6-5-10-14-26(33)36-4/h7-9,12-13,15-18,25,32H,5-6,10-11,14,19-21H2,1-4H3,(H,31,34). The highest BCUT2D eigenvalue weighted by Crippen LogP contribution is 2.52. The SMILES string of the molecule is COC(=O)CCCCCCNC(=O)c1ccc(CNC2(C(=O)OC(C)(C)C)CC2c2ccccc2)cc1. The van der Waals surface area contributed by atoms with Crippen LogP contribution in [0.15, 0.2) is 54.6 Å². The Labute approximate surface area is 220 Å². The van der Waals surface area contributed by atoms with Gasteiger partial charge in [0.15, 0.2) is 0 Å². The fraction of sp³-hybridized carbons (Fsp3) is 0.500. The van der Waals surface area contributed by atoms with Crippen LogP contribution in [0.5, 0.6) is 0 Å². The maximum absolute atomic E-state index is 13.2. The van der Waals surface area contributed by atoms with Gasteiger partial charge >= 0.3 is 11.9 Å². The van der Waals surface area contributed by atoms with E-state index >= 15 is 0 Å². The van der Waals surface area contributed by atoms with Crippen LogP contribution in [0, 0.1) is 0 Å². The van der Waals surface area contributed by atoms with Crippen LogP contribution in [0.4, 0.5) is 0 Å². The first-order chi connectivity index (χ1) is 17.6. The van der Waals surface area contributed by atoms with Gasteiger partial charge in [-0.1, -0.05) is 55.3 Å². The zero-order valence-electron chi connectivity index (χ0n) is 22.5. The molecule has 2 N–H and O–H groups in total. The lowest BCUT2D eigenvalue weighted by molar-refractivity contribution is -0.159. The normalized spacial score (nSPS) is 18.6. The van der Waals surface area contributed by atoms with Gasteiger partial charge in [0.25, 0.3) is 5.91 Å². The van der Waals surface area contributed by atoms with Gasteiger partial charge in [0.2, 0.25) is 0 Å². The van der Waals surface area contributed by atoms with Crippen molar-refractivity contribution in [2.75, 3.05) is 13.7 Å². The summed E-state index contributed by atoms with van der Waals surface area (Å²) >= 11 is 0. The Bertz CT molecular complexity index is 1050. The van der Waals surface area contributed by atoms with Crippen molar-refractivity contribution in [1.82, 2.24) is 10.6 Å². The van der Waals surface area contributed by atoms with E-state index in [1.807, 2.05) is 75.4 Å². The second kappa shape index (κ2) is 12.9. The Kier molecular flexibility index (Phi) is 9.86. The van der Waals surface area contributed by atoms with Crippen molar-refractivity contribution in [2.45, 2.75) is 82.9 Å². The molecular weight excluding hydrogens is 468 g/mol. The van der Waals surface area contributed by atoms with Gasteiger partial charge in [0.05, 0.1) is 7.11 Å². The molecule has 1 aliphatic carbocycles. The maximum atomic E-state index is 13.2. The molecule has 0 heterocycles. The molecule has 0 aromatic heterocycles. The molecule has 0 saturated heterocycles. The number of ether oxygens (including phenoxy) is 2. The molecule has 1 amide bonds. The van der Waals surface area contributed by atoms with Crippen molar-refractivity contribution in [3.63, 3.8) is 0 Å². The van der Waals surface area contributed by atoms with E-state index in [2.05, 4.69) is 15.4 Å². The Morgan fingerprint density at radius 3 is 2.27 bits per heavy atom. The van der Waals surface area contributed by atoms with Crippen LogP contribution in [0.2, 0.25) is 0 Å². The molecule has 7 nitrogen and oxygen atoms in total. The first-order valence-electron chi connectivity index (χ1n) is 13.1. The predicted octanol–water partition coefficient (Wildman–Crippen LogP) is 4.90. The summed E-state index contributed by atoms with van der Waals surface area (Å²) in [5, 5.41) is 6.42. The largest absolute Gasteiger partial charge is 0.469 e. The minimum absolute atomic E-state index is 0.0640. The van der Waals surface area contributed by atoms with Gasteiger partial charge < -0.3 is 14.8 Å². The van der Waals surface area contributed by atoms with E-state index in [0.717, 1.165) is 36.8 Å². The number of hydrogen-bond donors (Lipinski definition) is 2. The number of carbonyl (C=O) groups excluding carboxylic acids is 3. The van der Waals surface area contributed by atoms with E-state index in [-0.39, 0.29) is 23.8 Å². The topological polar surface area (TPSA) is 93.7 Å². The fourth-order valence-electron chi connectivity index (χ4n) is 4.40. The van der Waals surface area contributed by atoms with Crippen LogP contribution in [-0.2, 0) is 25.6 Å². The molecule has 3 rings (SSSR count). The zero-order chi connectivity index (χ0) is 26.9. The number of methoxy groups -OCH3 is 1. The van der Waals surface area contributed by atoms with E-state index in [1.165, 1.54) is 7.11 Å². The van der Waals surface area contributed by atoms with E-state index in [1.54, 1.807) is 0 Å². The van der Waals surface area contributed by atoms with Crippen molar-refractivity contribution in [1.29, 1.82) is 0 Å². The number of esters is 2. The number of carbonyl (C=O) groups is 3. The summed E-state index contributed by atoms with van der Waals surface area (Å²) < 4.78 is 10.4. The highest BCUT2D eigenvalue weighted by Gasteiger charge is 2.62. The van der Waals surface area contributed by atoms with Gasteiger partial charge in [0, 0.05) is 31.0 Å². The van der Waals surface area contributed by atoms with Crippen molar-refractivity contribution < 1.29 is 23.9 Å². The number of benzene rings is 2. The number of hydrogen-bond acceptors (Lipinski definition) is 6. The third kappa shape index (κ3) is 8.42. The van der Waals surface area contributed by atoms with Gasteiger partial charge in [-0.15, -0.1) is 0 Å². The Hall–Kier alpha value is -3.19. The maximum Gasteiger partial charge on any atom is 0.327 e. The number of amides is 1. The molecule has 1 saturated carbocycles. The van der Waals surface area contributed by atoms with E-state index in [9.17, 15) is 14.4 Å². The predicted molar refractivity (Wildman–Crippen MR) is 143 cm³/mol. The molecule has 1 aliphatic rings. The average Bonchev–Trinajstić information content (AvgIpc) is 3.62. The summed E-state index contributed by atoms with van der Waals surface area (Å²) in [6, 6.07) is 17.5. The first kappa shape index (κ1) is 28.4. The Balaban J connectivity index is 1.49. The van der Waals surface area contributed by atoms with Crippen LogP contribution in [-0.4, -0.2) is 42.6 Å². The molecule has 0 aliphatic heterocycles. The monoisotopic (exact) mass is 508 g/mol. The van der Waals surface area contributed by atoms with Crippen LogP contribution < -0.4 is 10.6 Å². The molecule has 0 bridgehead atoms. The van der Waals surface area contributed by atoms with Gasteiger partial charge in [0.1, 0.15) is 11.1 Å². The summed E-state index contributed by atoms with van der Waals surface area (Å²) in [5.74, 6) is -0.449. The van der Waals surface area contributed by atoms with Gasteiger partial charge in [-0.25, -0.2) is 0 Å². The molecular formula is C30H40N2O5. The van der Waals surface area contributed by atoms with E-state index < -0.39 is 11.1 Å². The Morgan fingerprint density at radius 1 is 0.946 bits per heavy atom. The highest BCUT2D eigenvalue weighted by molar-refractivity contribution is 5.94. The molecule has 7 heteroatoms. The summed E-state index contributed by atoms with van der Waals surface area (Å²) in [6.45, 7) is 6.74. The van der Waals surface area contributed by atoms with Crippen molar-refractivity contribution in [3.8, 4) is 0 Å². The minimum Gasteiger partial charge on any atom is -0.469 e. The third-order valence-corrected chi connectivity index (χ3v) is 6.57. The van der Waals surface area contributed by atoms with Crippen LogP contribution >= 0.6 is 0 Å². The lowest BCUT2D eigenvalue weighted by atomic mass is 10.0. The summed E-state index contributed by atoms with van der Waals surface area (Å²) in [5.41, 5.74) is 1.40. The van der Waals surface area contributed by atoms with Gasteiger partial charge in [-0.05, 0) is 63.3 Å².